The van der Waals surface area contributed by atoms with Crippen molar-refractivity contribution >= 4 is 21.6 Å². The Morgan fingerprint density at radius 2 is 1.62 bits per heavy atom. The summed E-state index contributed by atoms with van der Waals surface area (Å²) < 4.78 is 27.1. The first-order chi connectivity index (χ1) is 13.8. The van der Waals surface area contributed by atoms with Gasteiger partial charge in [0.05, 0.1) is 4.90 Å². The largest absolute Gasteiger partial charge is 0.378 e. The van der Waals surface area contributed by atoms with Crippen LogP contribution in [0.5, 0.6) is 0 Å². The van der Waals surface area contributed by atoms with Gasteiger partial charge in [-0.3, -0.25) is 4.79 Å². The highest BCUT2D eigenvalue weighted by Crippen LogP contribution is 2.24. The smallest absolute Gasteiger partial charge is 0.243 e. The number of benzene rings is 2. The molecular formula is C22H29N3O3S. The predicted molar refractivity (Wildman–Crippen MR) is 115 cm³/mol. The molecule has 0 bridgehead atoms. The predicted octanol–water partition coefficient (Wildman–Crippen LogP) is 2.78. The van der Waals surface area contributed by atoms with E-state index in [1.54, 1.807) is 24.3 Å². The minimum atomic E-state index is -3.50. The van der Waals surface area contributed by atoms with E-state index in [2.05, 4.69) is 5.32 Å². The van der Waals surface area contributed by atoms with E-state index in [4.69, 9.17) is 0 Å². The van der Waals surface area contributed by atoms with Crippen molar-refractivity contribution in [3.8, 4) is 0 Å². The third-order valence-electron chi connectivity index (χ3n) is 5.40. The minimum absolute atomic E-state index is 0.00549. The fourth-order valence-corrected chi connectivity index (χ4v) is 4.93. The summed E-state index contributed by atoms with van der Waals surface area (Å²) in [5.74, 6) is -0.158. The van der Waals surface area contributed by atoms with Gasteiger partial charge in [-0.05, 0) is 49.6 Å². The molecule has 2 aromatic rings. The van der Waals surface area contributed by atoms with Crippen molar-refractivity contribution in [1.29, 1.82) is 0 Å². The third-order valence-corrected chi connectivity index (χ3v) is 7.32. The van der Waals surface area contributed by atoms with E-state index in [1.807, 2.05) is 50.2 Å². The maximum atomic E-state index is 12.8. The van der Waals surface area contributed by atoms with Crippen LogP contribution >= 0.6 is 0 Å². The first-order valence-electron chi connectivity index (χ1n) is 9.88. The Balaban J connectivity index is 1.52. The number of rotatable bonds is 6. The van der Waals surface area contributed by atoms with Crippen LogP contribution < -0.4 is 10.2 Å². The number of sulfonamides is 1. The van der Waals surface area contributed by atoms with E-state index in [0.29, 0.717) is 37.4 Å². The molecule has 6 nitrogen and oxygen atoms in total. The summed E-state index contributed by atoms with van der Waals surface area (Å²) in [6.45, 7) is 3.14. The Hall–Kier alpha value is -2.38. The standard InChI is InChI=1S/C22H29N3O3S/c1-17-4-10-21(11-5-17)29(27,28)25-14-12-19(13-15-25)22(26)23-16-18-6-8-20(9-7-18)24(2)3/h4-11,19H,12-16H2,1-3H3,(H,23,26). The van der Waals surface area contributed by atoms with Gasteiger partial charge in [0.15, 0.2) is 0 Å². The quantitative estimate of drug-likeness (QED) is 0.788. The Kier molecular flexibility index (Phi) is 6.59. The van der Waals surface area contributed by atoms with Crippen molar-refractivity contribution in [2.24, 2.45) is 5.92 Å². The number of amides is 1. The lowest BCUT2D eigenvalue weighted by atomic mass is 9.97. The third kappa shape index (κ3) is 5.16. The zero-order valence-electron chi connectivity index (χ0n) is 17.3. The number of hydrogen-bond donors (Lipinski definition) is 1. The highest BCUT2D eigenvalue weighted by atomic mass is 32.2. The van der Waals surface area contributed by atoms with Gasteiger partial charge < -0.3 is 10.2 Å². The molecule has 0 saturated carbocycles. The lowest BCUT2D eigenvalue weighted by Gasteiger charge is -2.30. The van der Waals surface area contributed by atoms with Gasteiger partial charge in [0, 0.05) is 45.3 Å². The monoisotopic (exact) mass is 415 g/mol. The normalized spacial score (nSPS) is 15.8. The van der Waals surface area contributed by atoms with Crippen molar-refractivity contribution in [2.75, 3.05) is 32.1 Å². The van der Waals surface area contributed by atoms with Gasteiger partial charge in [0.1, 0.15) is 0 Å². The van der Waals surface area contributed by atoms with Gasteiger partial charge in [0.25, 0.3) is 0 Å². The summed E-state index contributed by atoms with van der Waals surface area (Å²) in [5, 5.41) is 2.99. The molecule has 0 radical (unpaired) electrons. The Labute approximate surface area is 173 Å². The van der Waals surface area contributed by atoms with Crippen LogP contribution in [0.4, 0.5) is 5.69 Å². The van der Waals surface area contributed by atoms with Crippen LogP contribution in [0.25, 0.3) is 0 Å². The lowest BCUT2D eigenvalue weighted by Crippen LogP contribution is -2.42. The van der Waals surface area contributed by atoms with E-state index < -0.39 is 10.0 Å². The summed E-state index contributed by atoms with van der Waals surface area (Å²) in [5.41, 5.74) is 3.18. The second kappa shape index (κ2) is 8.97. The molecule has 0 unspecified atom stereocenters. The number of nitrogens with one attached hydrogen (secondary N) is 1. The molecule has 0 aliphatic carbocycles. The number of carbonyl (C=O) groups is 1. The maximum Gasteiger partial charge on any atom is 0.243 e. The summed E-state index contributed by atoms with van der Waals surface area (Å²) in [6.07, 6.45) is 1.08. The zero-order valence-corrected chi connectivity index (χ0v) is 18.1. The number of aryl methyl sites for hydroxylation is 1. The average molecular weight is 416 g/mol. The molecule has 1 aliphatic rings. The lowest BCUT2D eigenvalue weighted by molar-refractivity contribution is -0.126. The van der Waals surface area contributed by atoms with E-state index in [0.717, 1.165) is 16.8 Å². The van der Waals surface area contributed by atoms with Crippen LogP contribution in [0.15, 0.2) is 53.4 Å². The molecule has 1 aliphatic heterocycles. The highest BCUT2D eigenvalue weighted by molar-refractivity contribution is 7.89. The van der Waals surface area contributed by atoms with Crippen molar-refractivity contribution in [3.63, 3.8) is 0 Å². The van der Waals surface area contributed by atoms with Gasteiger partial charge in [-0.25, -0.2) is 8.42 Å². The van der Waals surface area contributed by atoms with Crippen LogP contribution in [-0.4, -0.2) is 45.8 Å². The summed E-state index contributed by atoms with van der Waals surface area (Å²) >= 11 is 0. The number of anilines is 1. The minimum Gasteiger partial charge on any atom is -0.378 e. The summed E-state index contributed by atoms with van der Waals surface area (Å²) in [6, 6.07) is 15.0. The summed E-state index contributed by atoms with van der Waals surface area (Å²) in [4.78, 5) is 14.9. The first kappa shape index (κ1) is 21.3. The molecular weight excluding hydrogens is 386 g/mol. The van der Waals surface area contributed by atoms with Crippen LogP contribution in [0, 0.1) is 12.8 Å². The van der Waals surface area contributed by atoms with Crippen LogP contribution in [0.3, 0.4) is 0 Å². The number of hydrogen-bond acceptors (Lipinski definition) is 4. The molecule has 0 aromatic heterocycles. The van der Waals surface area contributed by atoms with Gasteiger partial charge in [-0.2, -0.15) is 4.31 Å². The Bertz CT molecular complexity index is 930. The molecule has 1 heterocycles. The second-order valence-electron chi connectivity index (χ2n) is 7.77. The van der Waals surface area contributed by atoms with Crippen molar-refractivity contribution in [3.05, 3.63) is 59.7 Å². The topological polar surface area (TPSA) is 69.7 Å². The molecule has 1 fully saturated rings. The molecule has 1 amide bonds. The van der Waals surface area contributed by atoms with Crippen molar-refractivity contribution in [1.82, 2.24) is 9.62 Å². The van der Waals surface area contributed by atoms with Gasteiger partial charge >= 0.3 is 0 Å². The molecule has 0 spiro atoms. The fourth-order valence-electron chi connectivity index (χ4n) is 3.46. The van der Waals surface area contributed by atoms with E-state index in [1.165, 1.54) is 4.31 Å². The Morgan fingerprint density at radius 1 is 1.03 bits per heavy atom. The average Bonchev–Trinajstić information content (AvgIpc) is 2.72. The summed E-state index contributed by atoms with van der Waals surface area (Å²) in [7, 11) is 0.480. The van der Waals surface area contributed by atoms with Crippen LogP contribution in [-0.2, 0) is 21.4 Å². The van der Waals surface area contributed by atoms with Gasteiger partial charge in [-0.1, -0.05) is 29.8 Å². The SMILES string of the molecule is Cc1ccc(S(=O)(=O)N2CCC(C(=O)NCc3ccc(N(C)C)cc3)CC2)cc1. The second-order valence-corrected chi connectivity index (χ2v) is 9.71. The van der Waals surface area contributed by atoms with E-state index in [-0.39, 0.29) is 11.8 Å². The van der Waals surface area contributed by atoms with Gasteiger partial charge in [0.2, 0.25) is 15.9 Å². The van der Waals surface area contributed by atoms with E-state index in [9.17, 15) is 13.2 Å². The maximum absolute atomic E-state index is 12.8. The number of nitrogens with zero attached hydrogens (tertiary/aromatic N) is 2. The first-order valence-corrected chi connectivity index (χ1v) is 11.3. The van der Waals surface area contributed by atoms with Crippen LogP contribution in [0.2, 0.25) is 0 Å². The highest BCUT2D eigenvalue weighted by Gasteiger charge is 2.31. The molecule has 156 valence electrons. The van der Waals surface area contributed by atoms with Crippen LogP contribution in [0.1, 0.15) is 24.0 Å². The van der Waals surface area contributed by atoms with Crippen molar-refractivity contribution < 1.29 is 13.2 Å². The molecule has 3 rings (SSSR count). The molecule has 7 heteroatoms. The van der Waals surface area contributed by atoms with Crippen molar-refractivity contribution in [2.45, 2.75) is 31.2 Å². The molecule has 29 heavy (non-hydrogen) atoms. The number of piperidine rings is 1. The zero-order chi connectivity index (χ0) is 21.0. The number of carbonyl (C=O) groups excluding carboxylic acids is 1. The Morgan fingerprint density at radius 3 is 2.17 bits per heavy atom. The molecule has 2 aromatic carbocycles. The fraction of sp³-hybridized carbons (Fsp3) is 0.409. The molecule has 1 saturated heterocycles. The molecule has 0 atom stereocenters. The van der Waals surface area contributed by atoms with E-state index >= 15 is 0 Å². The molecule has 1 N–H and O–H groups in total. The van der Waals surface area contributed by atoms with Gasteiger partial charge in [-0.15, -0.1) is 0 Å².